The lowest BCUT2D eigenvalue weighted by Crippen LogP contribution is -2.36. The van der Waals surface area contributed by atoms with Crippen LogP contribution in [0.3, 0.4) is 0 Å². The van der Waals surface area contributed by atoms with Gasteiger partial charge in [-0.25, -0.2) is 0 Å². The van der Waals surface area contributed by atoms with Crippen molar-refractivity contribution in [3.05, 3.63) is 0 Å². The molecule has 0 bridgehead atoms. The normalized spacial score (nSPS) is 55.3. The molecule has 2 fully saturated rings. The average molecular weight is 129 g/mol. The van der Waals surface area contributed by atoms with Gasteiger partial charge in [-0.3, -0.25) is 5.32 Å². The number of hydrogen-bond donors (Lipinski definition) is 3. The fraction of sp³-hybridized carbons (Fsp3) is 1.00. The van der Waals surface area contributed by atoms with Gasteiger partial charge in [0.05, 0.1) is 6.61 Å². The minimum Gasteiger partial charge on any atom is -0.395 e. The monoisotopic (exact) mass is 129 g/mol. The first-order valence-corrected chi connectivity index (χ1v) is 3.38. The maximum absolute atomic E-state index is 9.12. The lowest BCUT2D eigenvalue weighted by molar-refractivity contribution is 0.118. The molecule has 0 amide bonds. The van der Waals surface area contributed by atoms with Crippen LogP contribution in [0.15, 0.2) is 0 Å². The third-order valence-corrected chi connectivity index (χ3v) is 2.40. The Hall–Kier alpha value is -0.120. The SMILES string of the molecule is OC[C@H]1NC(O)[C@@H]2C[C@H]12. The van der Waals surface area contributed by atoms with Crippen molar-refractivity contribution in [3.8, 4) is 0 Å². The number of aliphatic hydroxyl groups excluding tert-OH is 2. The van der Waals surface area contributed by atoms with Crippen LogP contribution in [0, 0.1) is 11.8 Å². The standard InChI is InChI=1S/C6H11NO2/c8-2-5-3-1-4(3)6(9)7-5/h3-9H,1-2H2/t3-,4+,5+,6?/m0/s1. The zero-order valence-corrected chi connectivity index (χ0v) is 5.12. The smallest absolute Gasteiger partial charge is 0.108 e. The van der Waals surface area contributed by atoms with E-state index in [1.54, 1.807) is 0 Å². The van der Waals surface area contributed by atoms with E-state index >= 15 is 0 Å². The van der Waals surface area contributed by atoms with Crippen molar-refractivity contribution in [2.24, 2.45) is 11.8 Å². The van der Waals surface area contributed by atoms with E-state index in [1.165, 1.54) is 0 Å². The zero-order valence-electron chi connectivity index (χ0n) is 5.12. The van der Waals surface area contributed by atoms with Gasteiger partial charge in [0, 0.05) is 12.0 Å². The molecular formula is C6H11NO2. The Balaban J connectivity index is 2.00. The predicted molar refractivity (Wildman–Crippen MR) is 31.6 cm³/mol. The number of nitrogens with one attached hydrogen (secondary N) is 1. The number of piperidine rings is 1. The molecule has 2 rings (SSSR count). The van der Waals surface area contributed by atoms with Crippen LogP contribution >= 0.6 is 0 Å². The van der Waals surface area contributed by atoms with Gasteiger partial charge in [0.2, 0.25) is 0 Å². The summed E-state index contributed by atoms with van der Waals surface area (Å²) < 4.78 is 0. The first-order chi connectivity index (χ1) is 4.33. The molecule has 9 heavy (non-hydrogen) atoms. The molecule has 3 N–H and O–H groups in total. The Bertz CT molecular complexity index is 128. The molecule has 1 aliphatic carbocycles. The summed E-state index contributed by atoms with van der Waals surface area (Å²) in [6.07, 6.45) is 0.756. The first-order valence-electron chi connectivity index (χ1n) is 3.38. The third-order valence-electron chi connectivity index (χ3n) is 2.40. The van der Waals surface area contributed by atoms with E-state index in [4.69, 9.17) is 10.2 Å². The van der Waals surface area contributed by atoms with E-state index in [0.717, 1.165) is 6.42 Å². The van der Waals surface area contributed by atoms with Crippen LogP contribution in [0.4, 0.5) is 0 Å². The Labute approximate surface area is 53.7 Å². The van der Waals surface area contributed by atoms with Gasteiger partial charge in [-0.2, -0.15) is 0 Å². The van der Waals surface area contributed by atoms with Crippen molar-refractivity contribution >= 4 is 0 Å². The molecule has 4 atom stereocenters. The largest absolute Gasteiger partial charge is 0.395 e. The Morgan fingerprint density at radius 1 is 1.44 bits per heavy atom. The molecule has 1 aliphatic heterocycles. The van der Waals surface area contributed by atoms with Gasteiger partial charge in [-0.05, 0) is 12.3 Å². The molecule has 0 radical (unpaired) electrons. The summed E-state index contributed by atoms with van der Waals surface area (Å²) in [5, 5.41) is 20.7. The van der Waals surface area contributed by atoms with Gasteiger partial charge in [0.1, 0.15) is 6.23 Å². The topological polar surface area (TPSA) is 52.5 Å². The van der Waals surface area contributed by atoms with Crippen molar-refractivity contribution < 1.29 is 10.2 Å². The van der Waals surface area contributed by atoms with E-state index in [0.29, 0.717) is 11.8 Å². The maximum Gasteiger partial charge on any atom is 0.108 e. The van der Waals surface area contributed by atoms with Gasteiger partial charge in [-0.1, -0.05) is 0 Å². The second-order valence-corrected chi connectivity index (χ2v) is 2.96. The minimum absolute atomic E-state index is 0.165. The van der Waals surface area contributed by atoms with Crippen molar-refractivity contribution in [3.63, 3.8) is 0 Å². The Kier molecular flexibility index (Phi) is 1.06. The Morgan fingerprint density at radius 3 is 2.44 bits per heavy atom. The van der Waals surface area contributed by atoms with Crippen molar-refractivity contribution in [1.29, 1.82) is 0 Å². The van der Waals surface area contributed by atoms with E-state index in [1.807, 2.05) is 0 Å². The first kappa shape index (κ1) is 5.65. The van der Waals surface area contributed by atoms with Gasteiger partial charge >= 0.3 is 0 Å². The molecule has 0 aromatic rings. The van der Waals surface area contributed by atoms with Gasteiger partial charge in [0.25, 0.3) is 0 Å². The average Bonchev–Trinajstić information content (AvgIpc) is 2.56. The van der Waals surface area contributed by atoms with Crippen molar-refractivity contribution in [2.45, 2.75) is 18.7 Å². The molecule has 1 unspecified atom stereocenters. The summed E-state index contributed by atoms with van der Waals surface area (Å²) in [5.41, 5.74) is 0. The van der Waals surface area contributed by atoms with Crippen molar-refractivity contribution in [2.75, 3.05) is 6.61 Å². The molecule has 3 heteroatoms. The Morgan fingerprint density at radius 2 is 2.22 bits per heavy atom. The van der Waals surface area contributed by atoms with Crippen LogP contribution in [0.1, 0.15) is 6.42 Å². The van der Waals surface area contributed by atoms with E-state index in [9.17, 15) is 0 Å². The second kappa shape index (κ2) is 1.68. The molecule has 1 heterocycles. The third kappa shape index (κ3) is 0.689. The highest BCUT2D eigenvalue weighted by Gasteiger charge is 2.53. The quantitative estimate of drug-likeness (QED) is 0.421. The predicted octanol–water partition coefficient (Wildman–Crippen LogP) is -1.10. The highest BCUT2D eigenvalue weighted by atomic mass is 16.3. The van der Waals surface area contributed by atoms with Crippen LogP contribution in [0.5, 0.6) is 0 Å². The number of aliphatic hydroxyl groups is 2. The molecule has 0 aromatic carbocycles. The fourth-order valence-corrected chi connectivity index (χ4v) is 1.72. The number of rotatable bonds is 1. The lowest BCUT2D eigenvalue weighted by Gasteiger charge is -2.11. The van der Waals surface area contributed by atoms with Crippen LogP contribution in [0.2, 0.25) is 0 Å². The molecular weight excluding hydrogens is 118 g/mol. The summed E-state index contributed by atoms with van der Waals surface area (Å²) >= 11 is 0. The zero-order chi connectivity index (χ0) is 6.43. The summed E-state index contributed by atoms with van der Waals surface area (Å²) in [4.78, 5) is 0. The van der Waals surface area contributed by atoms with Gasteiger partial charge in [-0.15, -0.1) is 0 Å². The summed E-state index contributed by atoms with van der Waals surface area (Å²) in [7, 11) is 0. The van der Waals surface area contributed by atoms with Crippen molar-refractivity contribution in [1.82, 2.24) is 5.32 Å². The molecule has 2 aliphatic rings. The van der Waals surface area contributed by atoms with Gasteiger partial charge < -0.3 is 10.2 Å². The van der Waals surface area contributed by atoms with Crippen LogP contribution in [-0.4, -0.2) is 29.1 Å². The lowest BCUT2D eigenvalue weighted by atomic mass is 10.2. The molecule has 1 saturated carbocycles. The van der Waals surface area contributed by atoms with E-state index < -0.39 is 0 Å². The van der Waals surface area contributed by atoms with Crippen LogP contribution < -0.4 is 5.32 Å². The summed E-state index contributed by atoms with van der Waals surface area (Å²) in [6, 6.07) is 0.171. The molecule has 0 aromatic heterocycles. The summed E-state index contributed by atoms with van der Waals surface area (Å²) in [5.74, 6) is 1.01. The van der Waals surface area contributed by atoms with E-state index in [-0.39, 0.29) is 18.9 Å². The molecule has 3 nitrogen and oxygen atoms in total. The van der Waals surface area contributed by atoms with Gasteiger partial charge in [0.15, 0.2) is 0 Å². The van der Waals surface area contributed by atoms with Crippen LogP contribution in [-0.2, 0) is 0 Å². The maximum atomic E-state index is 9.12. The van der Waals surface area contributed by atoms with Crippen LogP contribution in [0.25, 0.3) is 0 Å². The number of fused-ring (bicyclic) bond motifs is 1. The minimum atomic E-state index is -0.341. The highest BCUT2D eigenvalue weighted by molar-refractivity contribution is 5.04. The fourth-order valence-electron chi connectivity index (χ4n) is 1.72. The summed E-state index contributed by atoms with van der Waals surface area (Å²) in [6.45, 7) is 0.165. The van der Waals surface area contributed by atoms with E-state index in [2.05, 4.69) is 5.32 Å². The molecule has 1 saturated heterocycles. The highest BCUT2D eigenvalue weighted by Crippen LogP contribution is 2.47. The molecule has 0 spiro atoms. The second-order valence-electron chi connectivity index (χ2n) is 2.96. The number of hydrogen-bond acceptors (Lipinski definition) is 3. The molecule has 52 valence electrons.